The van der Waals surface area contributed by atoms with Crippen molar-refractivity contribution in [2.45, 2.75) is 13.0 Å². The number of hydrogen-bond acceptors (Lipinski definition) is 3. The van der Waals surface area contributed by atoms with E-state index in [2.05, 4.69) is 14.5 Å². The molecule has 0 bridgehead atoms. The number of aromatic nitrogens is 2. The van der Waals surface area contributed by atoms with Gasteiger partial charge >= 0.3 is 0 Å². The first-order valence-electron chi connectivity index (χ1n) is 9.06. The van der Waals surface area contributed by atoms with Crippen LogP contribution in [0.2, 0.25) is 5.02 Å². The van der Waals surface area contributed by atoms with E-state index in [4.69, 9.17) is 16.6 Å². The van der Waals surface area contributed by atoms with E-state index in [-0.39, 0.29) is 11.7 Å². The van der Waals surface area contributed by atoms with Crippen molar-refractivity contribution in [2.75, 3.05) is 18.0 Å². The molecule has 1 unspecified atom stereocenters. The molecular weight excluding hydrogens is 363 g/mol. The highest BCUT2D eigenvalue weighted by Gasteiger charge is 2.31. The Balaban J connectivity index is 1.52. The van der Waals surface area contributed by atoms with Crippen molar-refractivity contribution in [1.82, 2.24) is 9.55 Å². The van der Waals surface area contributed by atoms with E-state index < -0.39 is 0 Å². The van der Waals surface area contributed by atoms with E-state index in [0.717, 1.165) is 42.2 Å². The molecule has 0 radical (unpaired) electrons. The van der Waals surface area contributed by atoms with Crippen molar-refractivity contribution in [1.29, 1.82) is 0 Å². The molecule has 5 rings (SSSR count). The predicted octanol–water partition coefficient (Wildman–Crippen LogP) is 4.49. The predicted molar refractivity (Wildman–Crippen MR) is 106 cm³/mol. The average Bonchev–Trinajstić information content (AvgIpc) is 3.30. The van der Waals surface area contributed by atoms with Gasteiger partial charge in [0.25, 0.3) is 0 Å². The third kappa shape index (κ3) is 2.82. The lowest BCUT2D eigenvalue weighted by Crippen LogP contribution is -2.24. The summed E-state index contributed by atoms with van der Waals surface area (Å²) in [7, 11) is 0. The van der Waals surface area contributed by atoms with E-state index >= 15 is 0 Å². The molecule has 0 aliphatic carbocycles. The van der Waals surface area contributed by atoms with Gasteiger partial charge in [0.05, 0.1) is 36.1 Å². The number of rotatable bonds is 2. The molecule has 0 amide bonds. The summed E-state index contributed by atoms with van der Waals surface area (Å²) in [6.07, 6.45) is 4.61. The van der Waals surface area contributed by atoms with Crippen LogP contribution in [0.1, 0.15) is 17.7 Å². The Morgan fingerprint density at radius 2 is 2.00 bits per heavy atom. The van der Waals surface area contributed by atoms with Crippen LogP contribution in [0.3, 0.4) is 0 Å². The quantitative estimate of drug-likeness (QED) is 0.656. The second kappa shape index (κ2) is 6.50. The molecule has 27 heavy (non-hydrogen) atoms. The molecule has 2 aliphatic heterocycles. The first kappa shape index (κ1) is 16.5. The number of anilines is 1. The largest absolute Gasteiger partial charge is 0.368 e. The molecule has 1 saturated heterocycles. The van der Waals surface area contributed by atoms with Gasteiger partial charge in [0.15, 0.2) is 0 Å². The van der Waals surface area contributed by atoms with Gasteiger partial charge in [-0.05, 0) is 36.8 Å². The Labute approximate surface area is 161 Å². The Morgan fingerprint density at radius 1 is 1.11 bits per heavy atom. The zero-order valence-corrected chi connectivity index (χ0v) is 15.4. The van der Waals surface area contributed by atoms with Gasteiger partial charge < -0.3 is 9.47 Å². The van der Waals surface area contributed by atoms with Crippen molar-refractivity contribution >= 4 is 23.0 Å². The number of hydrogen-bond donors (Lipinski definition) is 0. The second-order valence-corrected chi connectivity index (χ2v) is 7.44. The standard InChI is InChI=1S/C21H18ClFN4/c22-15-5-6-19-17(9-15)21(25-11-16-10-24-13-27(16)19)14-7-8-26(12-14)20-4-2-1-3-18(20)23/h1-6,9-10,13-14H,7-8,11-12H2. The maximum absolute atomic E-state index is 14.2. The van der Waals surface area contributed by atoms with Crippen LogP contribution in [0.25, 0.3) is 5.69 Å². The summed E-state index contributed by atoms with van der Waals surface area (Å²) < 4.78 is 16.3. The topological polar surface area (TPSA) is 33.4 Å². The minimum absolute atomic E-state index is 0.175. The maximum Gasteiger partial charge on any atom is 0.146 e. The van der Waals surface area contributed by atoms with Crippen LogP contribution in [0.15, 0.2) is 60.0 Å². The third-order valence-corrected chi connectivity index (χ3v) is 5.62. The number of aliphatic imine (C=N–C) groups is 1. The summed E-state index contributed by atoms with van der Waals surface area (Å²) in [5, 5.41) is 0.689. The van der Waals surface area contributed by atoms with Crippen LogP contribution in [0.5, 0.6) is 0 Å². The van der Waals surface area contributed by atoms with Gasteiger partial charge in [-0.15, -0.1) is 0 Å². The molecule has 2 aromatic carbocycles. The molecular formula is C21H18ClFN4. The van der Waals surface area contributed by atoms with Gasteiger partial charge in [0.1, 0.15) is 5.82 Å². The molecule has 1 aromatic heterocycles. The van der Waals surface area contributed by atoms with E-state index in [1.165, 1.54) is 6.07 Å². The molecule has 3 heterocycles. The summed E-state index contributed by atoms with van der Waals surface area (Å²) >= 11 is 6.31. The fourth-order valence-corrected chi connectivity index (χ4v) is 4.26. The summed E-state index contributed by atoms with van der Waals surface area (Å²) in [5.74, 6) is 0.0609. The summed E-state index contributed by atoms with van der Waals surface area (Å²) in [4.78, 5) is 11.3. The minimum atomic E-state index is -0.175. The van der Waals surface area contributed by atoms with Crippen LogP contribution in [-0.4, -0.2) is 28.4 Å². The lowest BCUT2D eigenvalue weighted by molar-refractivity contribution is 0.622. The SMILES string of the molecule is Fc1ccccc1N1CCC(C2=NCc3cncn3-c3ccc(Cl)cc32)C1. The lowest BCUT2D eigenvalue weighted by atomic mass is 9.94. The van der Waals surface area contributed by atoms with E-state index in [1.54, 1.807) is 6.07 Å². The van der Waals surface area contributed by atoms with Crippen molar-refractivity contribution < 1.29 is 4.39 Å². The van der Waals surface area contributed by atoms with E-state index in [1.807, 2.05) is 42.9 Å². The van der Waals surface area contributed by atoms with Gasteiger partial charge in [-0.1, -0.05) is 23.7 Å². The summed E-state index contributed by atoms with van der Waals surface area (Å²) in [6.45, 7) is 2.14. The highest BCUT2D eigenvalue weighted by atomic mass is 35.5. The lowest BCUT2D eigenvalue weighted by Gasteiger charge is -2.20. The molecule has 136 valence electrons. The van der Waals surface area contributed by atoms with E-state index in [9.17, 15) is 4.39 Å². The highest BCUT2D eigenvalue weighted by molar-refractivity contribution is 6.31. The van der Waals surface area contributed by atoms with E-state index in [0.29, 0.717) is 17.3 Å². The zero-order chi connectivity index (χ0) is 18.4. The monoisotopic (exact) mass is 380 g/mol. The number of imidazole rings is 1. The smallest absolute Gasteiger partial charge is 0.146 e. The number of halogens is 2. The van der Waals surface area contributed by atoms with Crippen LogP contribution >= 0.6 is 11.6 Å². The van der Waals surface area contributed by atoms with Gasteiger partial charge in [-0.3, -0.25) is 4.99 Å². The Kier molecular flexibility index (Phi) is 3.97. The Hall–Kier alpha value is -2.66. The molecule has 1 fully saturated rings. The molecule has 0 spiro atoms. The average molecular weight is 381 g/mol. The molecule has 0 saturated carbocycles. The number of fused-ring (bicyclic) bond motifs is 3. The number of nitrogens with zero attached hydrogens (tertiary/aromatic N) is 4. The highest BCUT2D eigenvalue weighted by Crippen LogP contribution is 2.33. The van der Waals surface area contributed by atoms with Crippen molar-refractivity contribution in [3.8, 4) is 5.69 Å². The van der Waals surface area contributed by atoms with Crippen molar-refractivity contribution in [3.05, 3.63) is 77.1 Å². The third-order valence-electron chi connectivity index (χ3n) is 5.39. The number of para-hydroxylation sites is 1. The van der Waals surface area contributed by atoms with Crippen LogP contribution in [0.4, 0.5) is 10.1 Å². The van der Waals surface area contributed by atoms with Gasteiger partial charge in [-0.25, -0.2) is 9.37 Å². The van der Waals surface area contributed by atoms with Crippen LogP contribution < -0.4 is 4.90 Å². The molecule has 0 N–H and O–H groups in total. The van der Waals surface area contributed by atoms with Gasteiger partial charge in [-0.2, -0.15) is 0 Å². The van der Waals surface area contributed by atoms with Gasteiger partial charge in [0.2, 0.25) is 0 Å². The fourth-order valence-electron chi connectivity index (χ4n) is 4.09. The van der Waals surface area contributed by atoms with Crippen LogP contribution in [0, 0.1) is 11.7 Å². The minimum Gasteiger partial charge on any atom is -0.368 e. The first-order valence-corrected chi connectivity index (χ1v) is 9.44. The summed E-state index contributed by atoms with van der Waals surface area (Å²) in [5.41, 5.74) is 4.86. The first-order chi connectivity index (χ1) is 13.2. The summed E-state index contributed by atoms with van der Waals surface area (Å²) in [6, 6.07) is 12.9. The van der Waals surface area contributed by atoms with Gasteiger partial charge in [0, 0.05) is 35.3 Å². The van der Waals surface area contributed by atoms with Crippen LogP contribution in [-0.2, 0) is 6.54 Å². The molecule has 2 aliphatic rings. The molecule has 3 aromatic rings. The fraction of sp³-hybridized carbons (Fsp3) is 0.238. The Bertz CT molecular complexity index is 1040. The number of benzene rings is 2. The zero-order valence-electron chi connectivity index (χ0n) is 14.6. The maximum atomic E-state index is 14.2. The normalized spacial score (nSPS) is 18.7. The molecule has 4 nitrogen and oxygen atoms in total. The van der Waals surface area contributed by atoms with Crippen molar-refractivity contribution in [2.24, 2.45) is 10.9 Å². The molecule has 1 atom stereocenters. The Morgan fingerprint density at radius 3 is 2.89 bits per heavy atom. The van der Waals surface area contributed by atoms with Crippen molar-refractivity contribution in [3.63, 3.8) is 0 Å². The molecule has 6 heteroatoms. The second-order valence-electron chi connectivity index (χ2n) is 7.00.